The van der Waals surface area contributed by atoms with E-state index in [-0.39, 0.29) is 11.8 Å². The van der Waals surface area contributed by atoms with Gasteiger partial charge in [-0.2, -0.15) is 0 Å². The maximum atomic E-state index is 11.0. The van der Waals surface area contributed by atoms with Gasteiger partial charge in [-0.05, 0) is 25.7 Å². The number of carbonyl (C=O) groups excluding carboxylic acids is 2. The number of alkyl carbamates (subject to hydrolysis) is 1. The Bertz CT molecular complexity index is 198. The second-order valence-electron chi connectivity index (χ2n) is 3.06. The monoisotopic (exact) mass is 171 g/mol. The van der Waals surface area contributed by atoms with Crippen LogP contribution < -0.4 is 5.32 Å². The number of ketones is 1. The Labute approximate surface area is 71.3 Å². The Hall–Kier alpha value is -1.06. The van der Waals surface area contributed by atoms with Gasteiger partial charge in [-0.3, -0.25) is 4.79 Å². The molecular formula is C8H13NO3. The lowest BCUT2D eigenvalue weighted by atomic mass is 10.1. The summed E-state index contributed by atoms with van der Waals surface area (Å²) in [5.74, 6) is 0.337. The fourth-order valence-electron chi connectivity index (χ4n) is 1.17. The molecule has 0 heterocycles. The molecule has 1 atom stereocenters. The highest BCUT2D eigenvalue weighted by molar-refractivity contribution is 5.86. The van der Waals surface area contributed by atoms with Gasteiger partial charge < -0.3 is 10.1 Å². The highest BCUT2D eigenvalue weighted by Crippen LogP contribution is 2.32. The van der Waals surface area contributed by atoms with Crippen LogP contribution in [-0.4, -0.2) is 25.0 Å². The van der Waals surface area contributed by atoms with Crippen molar-refractivity contribution in [2.24, 2.45) is 5.92 Å². The molecule has 0 radical (unpaired) electrons. The number of nitrogens with one attached hydrogen (secondary N) is 1. The maximum Gasteiger partial charge on any atom is 0.407 e. The average Bonchev–Trinajstić information content (AvgIpc) is 2.81. The van der Waals surface area contributed by atoms with E-state index in [0.717, 1.165) is 12.8 Å². The van der Waals surface area contributed by atoms with E-state index in [2.05, 4.69) is 10.1 Å². The average molecular weight is 171 g/mol. The summed E-state index contributed by atoms with van der Waals surface area (Å²) in [6, 6.07) is -0.336. The molecule has 1 saturated carbocycles. The van der Waals surface area contributed by atoms with Crippen molar-refractivity contribution in [2.75, 3.05) is 7.11 Å². The number of Topliss-reactive ketones (excluding diaryl/α,β-unsaturated/α-hetero) is 1. The Morgan fingerprint density at radius 2 is 2.08 bits per heavy atom. The molecule has 1 aliphatic rings. The minimum Gasteiger partial charge on any atom is -0.453 e. The SMILES string of the molecule is COC(=O)N[C@@H](C(C)=O)C1CC1. The van der Waals surface area contributed by atoms with Crippen LogP contribution in [0.2, 0.25) is 0 Å². The van der Waals surface area contributed by atoms with E-state index in [9.17, 15) is 9.59 Å². The van der Waals surface area contributed by atoms with Crippen LogP contribution >= 0.6 is 0 Å². The fourth-order valence-corrected chi connectivity index (χ4v) is 1.17. The molecular weight excluding hydrogens is 158 g/mol. The molecule has 0 aromatic heterocycles. The van der Waals surface area contributed by atoms with Crippen molar-refractivity contribution in [3.8, 4) is 0 Å². The Balaban J connectivity index is 2.43. The lowest BCUT2D eigenvalue weighted by molar-refractivity contribution is -0.119. The number of hydrogen-bond donors (Lipinski definition) is 1. The summed E-state index contributed by atoms with van der Waals surface area (Å²) in [6.45, 7) is 1.49. The van der Waals surface area contributed by atoms with Gasteiger partial charge in [0.2, 0.25) is 0 Å². The number of methoxy groups -OCH3 is 1. The van der Waals surface area contributed by atoms with Crippen LogP contribution in [0.3, 0.4) is 0 Å². The van der Waals surface area contributed by atoms with Gasteiger partial charge >= 0.3 is 6.09 Å². The number of amides is 1. The molecule has 1 fully saturated rings. The molecule has 4 heteroatoms. The molecule has 1 rings (SSSR count). The zero-order valence-corrected chi connectivity index (χ0v) is 7.29. The van der Waals surface area contributed by atoms with Gasteiger partial charge in [0, 0.05) is 0 Å². The van der Waals surface area contributed by atoms with Crippen molar-refractivity contribution in [3.63, 3.8) is 0 Å². The molecule has 0 bridgehead atoms. The van der Waals surface area contributed by atoms with Gasteiger partial charge in [-0.1, -0.05) is 0 Å². The number of rotatable bonds is 3. The minimum atomic E-state index is -0.526. The first-order valence-electron chi connectivity index (χ1n) is 4.00. The van der Waals surface area contributed by atoms with Gasteiger partial charge in [0.05, 0.1) is 13.2 Å². The molecule has 1 amide bonds. The minimum absolute atomic E-state index is 0.00269. The van der Waals surface area contributed by atoms with Crippen molar-refractivity contribution in [3.05, 3.63) is 0 Å². The first-order chi connectivity index (χ1) is 5.65. The fraction of sp³-hybridized carbons (Fsp3) is 0.750. The summed E-state index contributed by atoms with van der Waals surface area (Å²) in [7, 11) is 1.29. The van der Waals surface area contributed by atoms with E-state index in [4.69, 9.17) is 0 Å². The van der Waals surface area contributed by atoms with Crippen LogP contribution in [0.5, 0.6) is 0 Å². The molecule has 0 aromatic rings. The zero-order valence-electron chi connectivity index (χ0n) is 7.29. The number of carbonyl (C=O) groups is 2. The molecule has 0 aromatic carbocycles. The molecule has 1 aliphatic carbocycles. The predicted octanol–water partition coefficient (Wildman–Crippen LogP) is 0.710. The van der Waals surface area contributed by atoms with Crippen LogP contribution in [0.1, 0.15) is 19.8 Å². The molecule has 0 unspecified atom stereocenters. The second kappa shape index (κ2) is 3.56. The maximum absolute atomic E-state index is 11.0. The van der Waals surface area contributed by atoms with Gasteiger partial charge in [0.25, 0.3) is 0 Å². The topological polar surface area (TPSA) is 55.4 Å². The first kappa shape index (κ1) is 9.03. The summed E-state index contributed by atoms with van der Waals surface area (Å²) in [5, 5.41) is 2.52. The summed E-state index contributed by atoms with van der Waals surface area (Å²) in [5.41, 5.74) is 0. The normalized spacial score (nSPS) is 18.2. The number of ether oxygens (including phenoxy) is 1. The van der Waals surface area contributed by atoms with Crippen LogP contribution in [0.15, 0.2) is 0 Å². The van der Waals surface area contributed by atoms with Gasteiger partial charge in [0.15, 0.2) is 5.78 Å². The van der Waals surface area contributed by atoms with Gasteiger partial charge in [-0.15, -0.1) is 0 Å². The molecule has 68 valence electrons. The molecule has 4 nitrogen and oxygen atoms in total. The third kappa shape index (κ3) is 2.22. The molecule has 0 aliphatic heterocycles. The zero-order chi connectivity index (χ0) is 9.14. The Morgan fingerprint density at radius 3 is 2.42 bits per heavy atom. The molecule has 1 N–H and O–H groups in total. The van der Waals surface area contributed by atoms with E-state index in [1.807, 2.05) is 0 Å². The third-order valence-electron chi connectivity index (χ3n) is 1.99. The lowest BCUT2D eigenvalue weighted by Gasteiger charge is -2.13. The van der Waals surface area contributed by atoms with E-state index in [1.54, 1.807) is 0 Å². The van der Waals surface area contributed by atoms with Crippen LogP contribution in [-0.2, 0) is 9.53 Å². The lowest BCUT2D eigenvalue weighted by Crippen LogP contribution is -2.41. The summed E-state index contributed by atoms with van der Waals surface area (Å²) >= 11 is 0. The third-order valence-corrected chi connectivity index (χ3v) is 1.99. The summed E-state index contributed by atoms with van der Waals surface area (Å²) in [6.07, 6.45) is 1.52. The highest BCUT2D eigenvalue weighted by Gasteiger charge is 2.35. The van der Waals surface area contributed by atoms with Crippen LogP contribution in [0, 0.1) is 5.92 Å². The van der Waals surface area contributed by atoms with Gasteiger partial charge in [-0.25, -0.2) is 4.79 Å². The highest BCUT2D eigenvalue weighted by atomic mass is 16.5. The van der Waals surface area contributed by atoms with E-state index < -0.39 is 6.09 Å². The molecule has 0 saturated heterocycles. The van der Waals surface area contributed by atoms with Crippen molar-refractivity contribution in [2.45, 2.75) is 25.8 Å². The Morgan fingerprint density at radius 1 is 1.50 bits per heavy atom. The van der Waals surface area contributed by atoms with E-state index >= 15 is 0 Å². The van der Waals surface area contributed by atoms with Crippen molar-refractivity contribution in [1.82, 2.24) is 5.32 Å². The summed E-state index contributed by atoms with van der Waals surface area (Å²) in [4.78, 5) is 21.8. The van der Waals surface area contributed by atoms with E-state index in [1.165, 1.54) is 14.0 Å². The van der Waals surface area contributed by atoms with Crippen molar-refractivity contribution in [1.29, 1.82) is 0 Å². The smallest absolute Gasteiger partial charge is 0.407 e. The summed E-state index contributed by atoms with van der Waals surface area (Å²) < 4.78 is 4.41. The van der Waals surface area contributed by atoms with Gasteiger partial charge in [0.1, 0.15) is 0 Å². The van der Waals surface area contributed by atoms with Crippen molar-refractivity contribution >= 4 is 11.9 Å². The first-order valence-corrected chi connectivity index (χ1v) is 4.00. The predicted molar refractivity (Wildman–Crippen MR) is 42.7 cm³/mol. The Kier molecular flexibility index (Phi) is 2.68. The van der Waals surface area contributed by atoms with Crippen molar-refractivity contribution < 1.29 is 14.3 Å². The molecule has 0 spiro atoms. The van der Waals surface area contributed by atoms with Crippen LogP contribution in [0.25, 0.3) is 0 Å². The molecule has 12 heavy (non-hydrogen) atoms. The largest absolute Gasteiger partial charge is 0.453 e. The van der Waals surface area contributed by atoms with Crippen LogP contribution in [0.4, 0.5) is 4.79 Å². The second-order valence-corrected chi connectivity index (χ2v) is 3.06. The quantitative estimate of drug-likeness (QED) is 0.680. The number of hydrogen-bond acceptors (Lipinski definition) is 3. The van der Waals surface area contributed by atoms with E-state index in [0.29, 0.717) is 5.92 Å². The standard InChI is InChI=1S/C8H13NO3/c1-5(10)7(6-3-4-6)9-8(11)12-2/h6-7H,3-4H2,1-2H3,(H,9,11)/t7-/m0/s1.